The van der Waals surface area contributed by atoms with Crippen molar-refractivity contribution in [3.8, 4) is 11.5 Å². The van der Waals surface area contributed by atoms with E-state index in [1.165, 1.54) is 28.6 Å². The monoisotopic (exact) mass is 606 g/mol. The second-order valence-electron chi connectivity index (χ2n) is 9.65. The number of ether oxygens (including phenoxy) is 3. The first-order chi connectivity index (χ1) is 19.2. The number of rotatable bonds is 13. The topological polar surface area (TPSA) is 85.4 Å². The summed E-state index contributed by atoms with van der Waals surface area (Å²) in [5.74, 6) is 0.969. The van der Waals surface area contributed by atoms with Gasteiger partial charge in [0.2, 0.25) is 15.9 Å². The van der Waals surface area contributed by atoms with Crippen LogP contribution in [0.25, 0.3) is 0 Å². The number of thiophene rings is 1. The van der Waals surface area contributed by atoms with Crippen molar-refractivity contribution in [2.75, 3.05) is 40.5 Å². The number of halogens is 1. The van der Waals surface area contributed by atoms with Gasteiger partial charge in [0, 0.05) is 34.5 Å². The van der Waals surface area contributed by atoms with Gasteiger partial charge < -0.3 is 19.1 Å². The Morgan fingerprint density at radius 2 is 1.82 bits per heavy atom. The Labute approximate surface area is 245 Å². The van der Waals surface area contributed by atoms with E-state index in [0.29, 0.717) is 42.6 Å². The minimum atomic E-state index is -3.97. The van der Waals surface area contributed by atoms with Crippen LogP contribution in [0.4, 0.5) is 0 Å². The number of hydrogen-bond donors (Lipinski definition) is 0. The average molecular weight is 607 g/mol. The number of aryl methyl sites for hydroxylation is 1. The summed E-state index contributed by atoms with van der Waals surface area (Å²) in [6.45, 7) is 3.22. The van der Waals surface area contributed by atoms with Crippen LogP contribution in [0.3, 0.4) is 0 Å². The van der Waals surface area contributed by atoms with Crippen LogP contribution in [-0.2, 0) is 32.5 Å². The quantitative estimate of drug-likeness (QED) is 0.267. The Bertz CT molecular complexity index is 1390. The molecule has 1 fully saturated rings. The maximum atomic E-state index is 13.8. The molecule has 8 nitrogen and oxygen atoms in total. The van der Waals surface area contributed by atoms with Gasteiger partial charge in [-0.2, -0.15) is 4.31 Å². The van der Waals surface area contributed by atoms with E-state index in [1.54, 1.807) is 30.5 Å². The largest absolute Gasteiger partial charge is 0.493 e. The zero-order valence-electron chi connectivity index (χ0n) is 23.0. The van der Waals surface area contributed by atoms with Gasteiger partial charge in [-0.3, -0.25) is 4.79 Å². The van der Waals surface area contributed by atoms with Crippen LogP contribution < -0.4 is 9.47 Å². The predicted octanol–water partition coefficient (Wildman–Crippen LogP) is 5.17. The highest BCUT2D eigenvalue weighted by molar-refractivity contribution is 7.89. The molecule has 1 aromatic heterocycles. The highest BCUT2D eigenvalue weighted by Crippen LogP contribution is 2.28. The fourth-order valence-corrected chi connectivity index (χ4v) is 7.07. The van der Waals surface area contributed by atoms with Crippen LogP contribution in [0, 0.1) is 6.92 Å². The van der Waals surface area contributed by atoms with Crippen LogP contribution in [0.2, 0.25) is 5.02 Å². The molecule has 0 spiro atoms. The molecular formula is C29H35ClN2O6S2. The van der Waals surface area contributed by atoms with E-state index in [0.717, 1.165) is 28.2 Å². The molecule has 1 aliphatic rings. The number of methoxy groups -OCH3 is 2. The van der Waals surface area contributed by atoms with Crippen molar-refractivity contribution >= 4 is 38.9 Å². The lowest BCUT2D eigenvalue weighted by molar-refractivity contribution is -0.132. The summed E-state index contributed by atoms with van der Waals surface area (Å²) >= 11 is 7.62. The van der Waals surface area contributed by atoms with Gasteiger partial charge in [-0.25, -0.2) is 8.42 Å². The number of sulfonamides is 1. The molecule has 0 aliphatic carbocycles. The van der Waals surface area contributed by atoms with Gasteiger partial charge in [0.15, 0.2) is 11.5 Å². The molecule has 0 saturated carbocycles. The van der Waals surface area contributed by atoms with Gasteiger partial charge in [0.1, 0.15) is 0 Å². The molecule has 1 unspecified atom stereocenters. The van der Waals surface area contributed by atoms with Crippen molar-refractivity contribution in [1.29, 1.82) is 0 Å². The van der Waals surface area contributed by atoms with Gasteiger partial charge in [-0.15, -0.1) is 11.3 Å². The molecule has 1 saturated heterocycles. The Morgan fingerprint density at radius 1 is 1.07 bits per heavy atom. The summed E-state index contributed by atoms with van der Waals surface area (Å²) in [7, 11) is -0.799. The number of carbonyl (C=O) groups excluding carboxylic acids is 1. The molecule has 1 aliphatic heterocycles. The number of nitrogens with zero attached hydrogens (tertiary/aromatic N) is 2. The van der Waals surface area contributed by atoms with Crippen LogP contribution in [0.5, 0.6) is 11.5 Å². The molecule has 216 valence electrons. The van der Waals surface area contributed by atoms with Crippen LogP contribution in [0.15, 0.2) is 59.5 Å². The Kier molecular flexibility index (Phi) is 10.5. The SMILES string of the molecule is COc1ccc(CCN(Cc2ccc(C)s2)C(=O)CN(CC2CCCO2)S(=O)(=O)c2ccc(Cl)cc2)cc1OC. The second kappa shape index (κ2) is 13.8. The molecule has 0 N–H and O–H groups in total. The highest BCUT2D eigenvalue weighted by atomic mass is 35.5. The minimum Gasteiger partial charge on any atom is -0.493 e. The van der Waals surface area contributed by atoms with Crippen LogP contribution in [-0.4, -0.2) is 70.1 Å². The minimum absolute atomic E-state index is 0.0912. The lowest BCUT2D eigenvalue weighted by Crippen LogP contribution is -2.45. The molecule has 0 radical (unpaired) electrons. The smallest absolute Gasteiger partial charge is 0.243 e. The summed E-state index contributed by atoms with van der Waals surface area (Å²) < 4.78 is 45.2. The Morgan fingerprint density at radius 3 is 2.45 bits per heavy atom. The third kappa shape index (κ3) is 7.76. The lowest BCUT2D eigenvalue weighted by atomic mass is 10.1. The molecule has 0 bridgehead atoms. The summed E-state index contributed by atoms with van der Waals surface area (Å²) in [4.78, 5) is 17.8. The van der Waals surface area contributed by atoms with Crippen molar-refractivity contribution < 1.29 is 27.4 Å². The first kappa shape index (κ1) is 30.3. The lowest BCUT2D eigenvalue weighted by Gasteiger charge is -2.28. The molecule has 1 atom stereocenters. The van der Waals surface area contributed by atoms with Gasteiger partial charge in [0.25, 0.3) is 0 Å². The van der Waals surface area contributed by atoms with E-state index in [1.807, 2.05) is 37.3 Å². The van der Waals surface area contributed by atoms with E-state index in [-0.39, 0.29) is 30.0 Å². The van der Waals surface area contributed by atoms with Crippen molar-refractivity contribution in [1.82, 2.24) is 9.21 Å². The molecule has 2 aromatic carbocycles. The first-order valence-electron chi connectivity index (χ1n) is 13.1. The van der Waals surface area contributed by atoms with E-state index in [2.05, 4.69) is 0 Å². The second-order valence-corrected chi connectivity index (χ2v) is 13.4. The third-order valence-corrected chi connectivity index (χ3v) is 9.87. The highest BCUT2D eigenvalue weighted by Gasteiger charge is 2.32. The zero-order chi connectivity index (χ0) is 28.7. The van der Waals surface area contributed by atoms with Crippen molar-refractivity contribution in [3.05, 3.63) is 74.9 Å². The van der Waals surface area contributed by atoms with E-state index >= 15 is 0 Å². The van der Waals surface area contributed by atoms with Crippen molar-refractivity contribution in [2.24, 2.45) is 0 Å². The standard InChI is InChI=1S/C29H35ClN2O6S2/c1-21-6-10-25(39-21)19-31(15-14-22-7-13-27(36-2)28(17-22)37-3)29(33)20-32(18-24-5-4-16-38-24)40(34,35)26-11-8-23(30)9-12-26/h6-13,17,24H,4-5,14-16,18-20H2,1-3H3. The summed E-state index contributed by atoms with van der Waals surface area (Å²) in [5, 5.41) is 0.438. The molecule has 4 rings (SSSR count). The maximum absolute atomic E-state index is 13.8. The predicted molar refractivity (Wildman–Crippen MR) is 157 cm³/mol. The summed E-state index contributed by atoms with van der Waals surface area (Å²) in [6.07, 6.45) is 1.92. The maximum Gasteiger partial charge on any atom is 0.243 e. The number of amides is 1. The first-order valence-corrected chi connectivity index (χ1v) is 15.7. The number of carbonyl (C=O) groups is 1. The number of benzene rings is 2. The van der Waals surface area contributed by atoms with E-state index in [9.17, 15) is 13.2 Å². The fourth-order valence-electron chi connectivity index (χ4n) is 4.62. The third-order valence-electron chi connectivity index (χ3n) is 6.81. The molecule has 3 aromatic rings. The van der Waals surface area contributed by atoms with Gasteiger partial charge >= 0.3 is 0 Å². The van der Waals surface area contributed by atoms with Crippen LogP contribution in [0.1, 0.15) is 28.2 Å². The molecule has 11 heteroatoms. The summed E-state index contributed by atoms with van der Waals surface area (Å²) in [5.41, 5.74) is 0.975. The average Bonchev–Trinajstić information content (AvgIpc) is 3.62. The Hall–Kier alpha value is -2.63. The van der Waals surface area contributed by atoms with Gasteiger partial charge in [-0.1, -0.05) is 17.7 Å². The van der Waals surface area contributed by atoms with Gasteiger partial charge in [-0.05, 0) is 80.3 Å². The van der Waals surface area contributed by atoms with Gasteiger partial charge in [0.05, 0.1) is 38.3 Å². The van der Waals surface area contributed by atoms with E-state index < -0.39 is 10.0 Å². The number of hydrogen-bond acceptors (Lipinski definition) is 7. The van der Waals surface area contributed by atoms with E-state index in [4.69, 9.17) is 25.8 Å². The van der Waals surface area contributed by atoms with Crippen LogP contribution >= 0.6 is 22.9 Å². The fraction of sp³-hybridized carbons (Fsp3) is 0.414. The summed E-state index contributed by atoms with van der Waals surface area (Å²) in [6, 6.07) is 15.7. The molecule has 2 heterocycles. The van der Waals surface area contributed by atoms with Crippen molar-refractivity contribution in [3.63, 3.8) is 0 Å². The molecule has 1 amide bonds. The Balaban J connectivity index is 1.57. The zero-order valence-corrected chi connectivity index (χ0v) is 25.4. The molecule has 40 heavy (non-hydrogen) atoms. The normalized spacial score (nSPS) is 15.4. The van der Waals surface area contributed by atoms with Crippen molar-refractivity contribution in [2.45, 2.75) is 43.7 Å². The molecular weight excluding hydrogens is 572 g/mol.